The van der Waals surface area contributed by atoms with E-state index in [1.807, 2.05) is 12.1 Å². The number of aromatic nitrogens is 3. The Hall–Kier alpha value is -2.57. The Morgan fingerprint density at radius 1 is 1.08 bits per heavy atom. The van der Waals surface area contributed by atoms with Crippen LogP contribution in [0.2, 0.25) is 5.02 Å². The summed E-state index contributed by atoms with van der Waals surface area (Å²) in [6, 6.07) is 13.1. The molecule has 7 heteroatoms. The molecule has 24 heavy (non-hydrogen) atoms. The van der Waals surface area contributed by atoms with E-state index in [0.717, 1.165) is 5.56 Å². The first-order valence-corrected chi connectivity index (χ1v) is 8.23. The van der Waals surface area contributed by atoms with Gasteiger partial charge in [0.2, 0.25) is 4.96 Å². The summed E-state index contributed by atoms with van der Waals surface area (Å²) in [6.07, 6.45) is 1.71. The Labute approximate surface area is 144 Å². The maximum atomic E-state index is 13.0. The van der Waals surface area contributed by atoms with E-state index in [1.54, 1.807) is 30.3 Å². The number of benzene rings is 2. The van der Waals surface area contributed by atoms with E-state index in [2.05, 4.69) is 10.2 Å². The first kappa shape index (κ1) is 15.0. The van der Waals surface area contributed by atoms with Crippen molar-refractivity contribution in [3.8, 4) is 11.4 Å². The Balaban J connectivity index is 1.93. The molecule has 0 saturated carbocycles. The van der Waals surface area contributed by atoms with Crippen molar-refractivity contribution in [2.24, 2.45) is 0 Å². The fourth-order valence-corrected chi connectivity index (χ4v) is 3.52. The minimum atomic E-state index is -0.319. The van der Waals surface area contributed by atoms with Gasteiger partial charge in [-0.1, -0.05) is 47.2 Å². The van der Waals surface area contributed by atoms with Crippen molar-refractivity contribution in [2.45, 2.75) is 0 Å². The van der Waals surface area contributed by atoms with Gasteiger partial charge in [-0.3, -0.25) is 4.79 Å². The third-order valence-electron chi connectivity index (χ3n) is 3.53. The second kappa shape index (κ2) is 5.81. The first-order chi connectivity index (χ1) is 11.6. The molecule has 0 aliphatic carbocycles. The highest BCUT2D eigenvalue weighted by Crippen LogP contribution is 2.25. The highest BCUT2D eigenvalue weighted by Gasteiger charge is 2.15. The number of hydrogen-bond donors (Lipinski definition) is 0. The summed E-state index contributed by atoms with van der Waals surface area (Å²) in [5, 5.41) is 8.65. The van der Waals surface area contributed by atoms with Crippen LogP contribution in [0, 0.1) is 5.82 Å². The number of fused-ring (bicyclic) bond motifs is 1. The molecule has 2 heterocycles. The van der Waals surface area contributed by atoms with Gasteiger partial charge in [-0.05, 0) is 35.9 Å². The summed E-state index contributed by atoms with van der Waals surface area (Å²) in [6.45, 7) is 0. The van der Waals surface area contributed by atoms with Gasteiger partial charge >= 0.3 is 0 Å². The van der Waals surface area contributed by atoms with Crippen molar-refractivity contribution < 1.29 is 4.39 Å². The Morgan fingerprint density at radius 3 is 2.58 bits per heavy atom. The first-order valence-electron chi connectivity index (χ1n) is 7.03. The van der Waals surface area contributed by atoms with Gasteiger partial charge in [0.1, 0.15) is 5.82 Å². The number of hydrogen-bond acceptors (Lipinski definition) is 4. The lowest BCUT2D eigenvalue weighted by atomic mass is 10.2. The van der Waals surface area contributed by atoms with Crippen LogP contribution in [0.5, 0.6) is 0 Å². The van der Waals surface area contributed by atoms with Gasteiger partial charge in [0, 0.05) is 5.56 Å². The molecular weight excluding hydrogens is 349 g/mol. The standard InChI is InChI=1S/C17H9ClFN3OS/c18-13-4-2-1-3-12(13)15-20-21-17-22(15)16(23)14(24-17)9-10-5-7-11(19)8-6-10/h1-9H/b14-9+. The van der Waals surface area contributed by atoms with E-state index in [9.17, 15) is 9.18 Å². The van der Waals surface area contributed by atoms with E-state index >= 15 is 0 Å². The van der Waals surface area contributed by atoms with Crippen LogP contribution in [0.15, 0.2) is 53.3 Å². The third-order valence-corrected chi connectivity index (χ3v) is 4.82. The van der Waals surface area contributed by atoms with Crippen molar-refractivity contribution in [1.29, 1.82) is 0 Å². The van der Waals surface area contributed by atoms with Crippen molar-refractivity contribution >= 4 is 34.0 Å². The zero-order valence-corrected chi connectivity index (χ0v) is 13.7. The minimum Gasteiger partial charge on any atom is -0.267 e. The van der Waals surface area contributed by atoms with Crippen LogP contribution in [0.3, 0.4) is 0 Å². The molecule has 0 aliphatic rings. The van der Waals surface area contributed by atoms with E-state index in [4.69, 9.17) is 11.6 Å². The van der Waals surface area contributed by atoms with Gasteiger partial charge in [0.25, 0.3) is 5.56 Å². The molecule has 4 aromatic rings. The maximum absolute atomic E-state index is 13.0. The topological polar surface area (TPSA) is 47.3 Å². The van der Waals surface area contributed by atoms with Crippen LogP contribution in [-0.4, -0.2) is 14.6 Å². The minimum absolute atomic E-state index is 0.223. The fraction of sp³-hybridized carbons (Fsp3) is 0. The monoisotopic (exact) mass is 357 g/mol. The number of halogens is 2. The van der Waals surface area contributed by atoms with E-state index in [1.165, 1.54) is 27.9 Å². The second-order valence-corrected chi connectivity index (χ2v) is 6.51. The lowest BCUT2D eigenvalue weighted by Crippen LogP contribution is -2.23. The van der Waals surface area contributed by atoms with Crippen molar-refractivity contribution in [3.05, 3.63) is 79.8 Å². The van der Waals surface area contributed by atoms with E-state index in [-0.39, 0.29) is 11.4 Å². The van der Waals surface area contributed by atoms with Gasteiger partial charge < -0.3 is 0 Å². The quantitative estimate of drug-likeness (QED) is 0.553. The Bertz CT molecular complexity index is 1150. The van der Waals surface area contributed by atoms with Crippen molar-refractivity contribution in [2.75, 3.05) is 0 Å². The molecule has 0 N–H and O–H groups in total. The highest BCUT2D eigenvalue weighted by molar-refractivity contribution is 7.15. The fourth-order valence-electron chi connectivity index (χ4n) is 2.39. The van der Waals surface area contributed by atoms with Gasteiger partial charge in [-0.2, -0.15) is 0 Å². The molecule has 0 unspecified atom stereocenters. The van der Waals surface area contributed by atoms with Gasteiger partial charge in [0.15, 0.2) is 5.82 Å². The smallest absolute Gasteiger partial charge is 0.267 e. The zero-order chi connectivity index (χ0) is 16.7. The molecule has 2 aromatic carbocycles. The molecule has 2 aromatic heterocycles. The number of rotatable bonds is 2. The average Bonchev–Trinajstić information content (AvgIpc) is 3.11. The van der Waals surface area contributed by atoms with Crippen LogP contribution < -0.4 is 10.1 Å². The van der Waals surface area contributed by atoms with Gasteiger partial charge in [0.05, 0.1) is 9.55 Å². The SMILES string of the molecule is O=c1/c(=C\c2ccc(F)cc2)sc2nnc(-c3ccccc3Cl)n12. The molecule has 4 rings (SSSR count). The summed E-state index contributed by atoms with van der Waals surface area (Å²) in [5.41, 5.74) is 1.17. The Morgan fingerprint density at radius 2 is 1.83 bits per heavy atom. The van der Waals surface area contributed by atoms with Crippen molar-refractivity contribution in [1.82, 2.24) is 14.6 Å². The summed E-state index contributed by atoms with van der Waals surface area (Å²) in [5.74, 6) is 0.0938. The average molecular weight is 358 g/mol. The van der Waals surface area contributed by atoms with Crippen LogP contribution in [0.1, 0.15) is 5.56 Å². The summed E-state index contributed by atoms with van der Waals surface area (Å²) in [4.78, 5) is 13.2. The molecule has 0 radical (unpaired) electrons. The van der Waals surface area contributed by atoms with Crippen LogP contribution >= 0.6 is 22.9 Å². The van der Waals surface area contributed by atoms with E-state index < -0.39 is 0 Å². The largest absolute Gasteiger partial charge is 0.276 e. The van der Waals surface area contributed by atoms with Crippen LogP contribution in [0.4, 0.5) is 4.39 Å². The predicted octanol–water partition coefficient (Wildman–Crippen LogP) is 3.16. The summed E-state index contributed by atoms with van der Waals surface area (Å²) < 4.78 is 14.9. The highest BCUT2D eigenvalue weighted by atomic mass is 35.5. The molecule has 0 bridgehead atoms. The molecule has 0 saturated heterocycles. The lowest BCUT2D eigenvalue weighted by Gasteiger charge is -1.99. The molecule has 118 valence electrons. The molecular formula is C17H9ClFN3OS. The molecule has 0 spiro atoms. The zero-order valence-electron chi connectivity index (χ0n) is 12.1. The normalized spacial score (nSPS) is 12.2. The summed E-state index contributed by atoms with van der Waals surface area (Å²) in [7, 11) is 0. The van der Waals surface area contributed by atoms with Crippen molar-refractivity contribution in [3.63, 3.8) is 0 Å². The van der Waals surface area contributed by atoms with Gasteiger partial charge in [-0.25, -0.2) is 8.79 Å². The number of nitrogens with zero attached hydrogens (tertiary/aromatic N) is 3. The molecule has 4 nitrogen and oxygen atoms in total. The predicted molar refractivity (Wildman–Crippen MR) is 92.8 cm³/mol. The molecule has 0 aliphatic heterocycles. The van der Waals surface area contributed by atoms with Crippen LogP contribution in [-0.2, 0) is 0 Å². The Kier molecular flexibility index (Phi) is 3.63. The molecule has 0 atom stereocenters. The third kappa shape index (κ3) is 2.50. The second-order valence-electron chi connectivity index (χ2n) is 5.09. The molecule has 0 amide bonds. The maximum Gasteiger partial charge on any atom is 0.276 e. The van der Waals surface area contributed by atoms with Crippen LogP contribution in [0.25, 0.3) is 22.4 Å². The number of thiazole rings is 1. The summed E-state index contributed by atoms with van der Waals surface area (Å²) >= 11 is 7.43. The molecule has 0 fully saturated rings. The van der Waals surface area contributed by atoms with E-state index in [0.29, 0.717) is 25.9 Å². The lowest BCUT2D eigenvalue weighted by molar-refractivity contribution is 0.628. The van der Waals surface area contributed by atoms with Gasteiger partial charge in [-0.15, -0.1) is 10.2 Å².